The maximum Gasteiger partial charge on any atom is 0.336 e. The third-order valence-electron chi connectivity index (χ3n) is 2.47. The molecular weight excluding hydrogens is 334 g/mol. The molecule has 0 aliphatic rings. The molecule has 1 aromatic heterocycles. The van der Waals surface area contributed by atoms with Crippen molar-refractivity contribution in [3.63, 3.8) is 0 Å². The smallest absolute Gasteiger partial charge is 0.336 e. The molecule has 10 heteroatoms. The zero-order chi connectivity index (χ0) is 15.6. The van der Waals surface area contributed by atoms with Crippen molar-refractivity contribution >= 4 is 39.3 Å². The summed E-state index contributed by atoms with van der Waals surface area (Å²) >= 11 is 2.29. The number of benzene rings is 1. The van der Waals surface area contributed by atoms with Crippen molar-refractivity contribution in [1.82, 2.24) is 9.36 Å². The number of aryl methyl sites for hydroxylation is 1. The largest absolute Gasteiger partial charge is 0.478 e. The highest BCUT2D eigenvalue weighted by Gasteiger charge is 2.18. The Morgan fingerprint density at radius 1 is 1.48 bits per heavy atom. The van der Waals surface area contributed by atoms with Gasteiger partial charge in [-0.05, 0) is 29.7 Å². The van der Waals surface area contributed by atoms with E-state index in [1.54, 1.807) is 0 Å². The van der Waals surface area contributed by atoms with E-state index in [0.717, 1.165) is 17.8 Å². The van der Waals surface area contributed by atoms with Gasteiger partial charge in [-0.3, -0.25) is 0 Å². The number of aromatic nitrogens is 2. The molecule has 0 atom stereocenters. The van der Waals surface area contributed by atoms with Crippen molar-refractivity contribution in [2.75, 3.05) is 0 Å². The van der Waals surface area contributed by atoms with Crippen LogP contribution < -0.4 is 5.14 Å². The molecule has 112 valence electrons. The molecule has 0 saturated heterocycles. The summed E-state index contributed by atoms with van der Waals surface area (Å²) in [6.45, 7) is 1.92. The van der Waals surface area contributed by atoms with Gasteiger partial charge in [0.05, 0.1) is 10.5 Å². The van der Waals surface area contributed by atoms with Gasteiger partial charge >= 0.3 is 5.97 Å². The van der Waals surface area contributed by atoms with Crippen LogP contribution in [0, 0.1) is 0 Å². The van der Waals surface area contributed by atoms with Gasteiger partial charge in [-0.25, -0.2) is 23.3 Å². The van der Waals surface area contributed by atoms with Crippen LogP contribution >= 0.6 is 23.3 Å². The molecule has 0 aliphatic carbocycles. The number of primary sulfonamides is 1. The molecule has 0 unspecified atom stereocenters. The van der Waals surface area contributed by atoms with E-state index in [0.29, 0.717) is 21.5 Å². The fourth-order valence-corrected chi connectivity index (χ4v) is 3.76. The van der Waals surface area contributed by atoms with Gasteiger partial charge in [-0.2, -0.15) is 4.37 Å². The summed E-state index contributed by atoms with van der Waals surface area (Å²) in [4.78, 5) is 15.6. The first-order chi connectivity index (χ1) is 9.81. The molecule has 0 radical (unpaired) electrons. The molecule has 0 saturated carbocycles. The van der Waals surface area contributed by atoms with Gasteiger partial charge in [0.15, 0.2) is 4.34 Å². The number of aromatic carboxylic acids is 1. The van der Waals surface area contributed by atoms with Crippen LogP contribution in [0.2, 0.25) is 0 Å². The minimum absolute atomic E-state index is 0.139. The van der Waals surface area contributed by atoms with Crippen molar-refractivity contribution in [2.45, 2.75) is 27.5 Å². The number of nitrogens with two attached hydrogens (primary N) is 1. The summed E-state index contributed by atoms with van der Waals surface area (Å²) < 4.78 is 27.3. The van der Waals surface area contributed by atoms with E-state index in [1.165, 1.54) is 23.7 Å². The maximum absolute atomic E-state index is 11.3. The highest BCUT2D eigenvalue weighted by Crippen LogP contribution is 2.32. The molecule has 2 aromatic rings. The molecule has 2 rings (SSSR count). The highest BCUT2D eigenvalue weighted by atomic mass is 32.2. The minimum Gasteiger partial charge on any atom is -0.478 e. The lowest BCUT2D eigenvalue weighted by molar-refractivity contribution is 0.0693. The number of carboxylic acid groups (broad SMARTS) is 1. The lowest BCUT2D eigenvalue weighted by Gasteiger charge is -2.05. The number of nitrogens with zero attached hydrogens (tertiary/aromatic N) is 2. The van der Waals surface area contributed by atoms with Gasteiger partial charge in [-0.1, -0.05) is 18.7 Å². The number of hydrogen-bond acceptors (Lipinski definition) is 7. The fourth-order valence-electron chi connectivity index (χ4n) is 1.46. The Kier molecular flexibility index (Phi) is 4.61. The zero-order valence-electron chi connectivity index (χ0n) is 10.8. The normalized spacial score (nSPS) is 11.5. The summed E-state index contributed by atoms with van der Waals surface area (Å²) in [5, 5.41) is 14.2. The average Bonchev–Trinajstić information content (AvgIpc) is 2.85. The van der Waals surface area contributed by atoms with Crippen molar-refractivity contribution in [1.29, 1.82) is 0 Å². The van der Waals surface area contributed by atoms with Crippen LogP contribution in [-0.2, 0) is 16.4 Å². The van der Waals surface area contributed by atoms with Gasteiger partial charge in [0.2, 0.25) is 10.0 Å². The first-order valence-electron chi connectivity index (χ1n) is 5.72. The number of carboxylic acids is 1. The Labute approximate surface area is 129 Å². The molecule has 3 N–H and O–H groups in total. The molecule has 0 aliphatic heterocycles. The predicted molar refractivity (Wildman–Crippen MR) is 78.2 cm³/mol. The Morgan fingerprint density at radius 3 is 2.71 bits per heavy atom. The predicted octanol–water partition coefficient (Wildman–Crippen LogP) is 1.60. The number of carbonyl (C=O) groups is 1. The summed E-state index contributed by atoms with van der Waals surface area (Å²) in [6, 6.07) is 3.72. The Hall–Kier alpha value is -1.49. The molecule has 1 heterocycles. The Morgan fingerprint density at radius 2 is 2.19 bits per heavy atom. The summed E-state index contributed by atoms with van der Waals surface area (Å²) in [6.07, 6.45) is 0.688. The molecule has 0 amide bonds. The number of hydrogen-bond donors (Lipinski definition) is 2. The van der Waals surface area contributed by atoms with Crippen LogP contribution in [0.5, 0.6) is 0 Å². The molecular formula is C11H11N3O4S3. The van der Waals surface area contributed by atoms with Gasteiger partial charge < -0.3 is 5.11 Å². The van der Waals surface area contributed by atoms with Crippen molar-refractivity contribution in [3.8, 4) is 0 Å². The lowest BCUT2D eigenvalue weighted by atomic mass is 10.2. The van der Waals surface area contributed by atoms with E-state index in [4.69, 9.17) is 5.14 Å². The van der Waals surface area contributed by atoms with E-state index in [-0.39, 0.29) is 10.5 Å². The monoisotopic (exact) mass is 345 g/mol. The summed E-state index contributed by atoms with van der Waals surface area (Å²) in [5.41, 5.74) is -0.139. The first-order valence-corrected chi connectivity index (χ1v) is 8.85. The van der Waals surface area contributed by atoms with Crippen molar-refractivity contribution < 1.29 is 18.3 Å². The van der Waals surface area contributed by atoms with E-state index < -0.39 is 16.0 Å². The average molecular weight is 345 g/mol. The fraction of sp³-hybridized carbons (Fsp3) is 0.182. The summed E-state index contributed by atoms with van der Waals surface area (Å²) in [7, 11) is -3.95. The lowest BCUT2D eigenvalue weighted by Crippen LogP contribution is -2.13. The zero-order valence-corrected chi connectivity index (χ0v) is 13.3. The van der Waals surface area contributed by atoms with E-state index in [9.17, 15) is 18.3 Å². The second-order valence-corrected chi connectivity index (χ2v) is 7.54. The second kappa shape index (κ2) is 6.10. The van der Waals surface area contributed by atoms with Crippen LogP contribution in [0.15, 0.2) is 32.3 Å². The minimum atomic E-state index is -3.95. The Balaban J connectivity index is 2.41. The van der Waals surface area contributed by atoms with Gasteiger partial charge in [0.25, 0.3) is 0 Å². The van der Waals surface area contributed by atoms with E-state index in [1.807, 2.05) is 6.92 Å². The van der Waals surface area contributed by atoms with Gasteiger partial charge in [0, 0.05) is 11.3 Å². The number of rotatable bonds is 5. The van der Waals surface area contributed by atoms with Gasteiger partial charge in [-0.15, -0.1) is 0 Å². The third kappa shape index (κ3) is 3.79. The van der Waals surface area contributed by atoms with Crippen LogP contribution in [-0.4, -0.2) is 28.9 Å². The standard InChI is InChI=1S/C11H11N3O4S3/c1-2-9-13-11(20-14-9)19-8-4-3-6(21(12,17)18)5-7(8)10(15)16/h3-5H,2H2,1H3,(H,15,16)(H2,12,17,18). The van der Waals surface area contributed by atoms with Crippen LogP contribution in [0.25, 0.3) is 0 Å². The quantitative estimate of drug-likeness (QED) is 0.843. The number of sulfonamides is 1. The SMILES string of the molecule is CCc1nsc(Sc2ccc(S(N)(=O)=O)cc2C(=O)O)n1. The highest BCUT2D eigenvalue weighted by molar-refractivity contribution is 8.01. The molecule has 0 fully saturated rings. The van der Waals surface area contributed by atoms with E-state index >= 15 is 0 Å². The maximum atomic E-state index is 11.3. The van der Waals surface area contributed by atoms with Crippen molar-refractivity contribution in [2.24, 2.45) is 5.14 Å². The van der Waals surface area contributed by atoms with Crippen LogP contribution in [0.1, 0.15) is 23.1 Å². The van der Waals surface area contributed by atoms with Gasteiger partial charge in [0.1, 0.15) is 5.82 Å². The van der Waals surface area contributed by atoms with Crippen molar-refractivity contribution in [3.05, 3.63) is 29.6 Å². The molecule has 7 nitrogen and oxygen atoms in total. The summed E-state index contributed by atoms with van der Waals surface area (Å²) in [5.74, 6) is -0.552. The van der Waals surface area contributed by atoms with Crippen LogP contribution in [0.4, 0.5) is 0 Å². The molecule has 0 spiro atoms. The second-order valence-electron chi connectivity index (χ2n) is 3.94. The first kappa shape index (κ1) is 15.9. The third-order valence-corrected chi connectivity index (χ3v) is 5.25. The van der Waals surface area contributed by atoms with Crippen LogP contribution in [0.3, 0.4) is 0 Å². The molecule has 21 heavy (non-hydrogen) atoms. The Bertz CT molecular complexity index is 786. The molecule has 1 aromatic carbocycles. The van der Waals surface area contributed by atoms with E-state index in [2.05, 4.69) is 9.36 Å². The topological polar surface area (TPSA) is 123 Å². The molecule has 0 bridgehead atoms.